The molecule has 0 bridgehead atoms. The van der Waals surface area contributed by atoms with Gasteiger partial charge in [0.1, 0.15) is 18.8 Å². The zero-order valence-electron chi connectivity index (χ0n) is 15.8. The number of aromatic nitrogens is 2. The smallest absolute Gasteiger partial charge is 0.248 e. The molecule has 3 N–H and O–H groups in total. The van der Waals surface area contributed by atoms with Crippen LogP contribution >= 0.6 is 11.6 Å². The maximum Gasteiger partial charge on any atom is 0.248 e. The van der Waals surface area contributed by atoms with Gasteiger partial charge in [0.15, 0.2) is 0 Å². The van der Waals surface area contributed by atoms with Crippen LogP contribution in [0, 0.1) is 11.7 Å². The number of carbonyl (C=O) groups is 1. The summed E-state index contributed by atoms with van der Waals surface area (Å²) in [6, 6.07) is 6.27. The van der Waals surface area contributed by atoms with Gasteiger partial charge in [-0.1, -0.05) is 17.7 Å². The quantitative estimate of drug-likeness (QED) is 0.700. The first-order chi connectivity index (χ1) is 14.1. The lowest BCUT2D eigenvalue weighted by Gasteiger charge is -2.36. The van der Waals surface area contributed by atoms with Gasteiger partial charge in [-0.3, -0.25) is 10.2 Å². The summed E-state index contributed by atoms with van der Waals surface area (Å²) in [6.45, 7) is 0.729. The van der Waals surface area contributed by atoms with Crippen molar-refractivity contribution in [2.75, 3.05) is 19.7 Å². The summed E-state index contributed by atoms with van der Waals surface area (Å²) in [5.41, 5.74) is 7.98. The van der Waals surface area contributed by atoms with Gasteiger partial charge in [0.25, 0.3) is 0 Å². The predicted molar refractivity (Wildman–Crippen MR) is 105 cm³/mol. The minimum absolute atomic E-state index is 0.0105. The highest BCUT2D eigenvalue weighted by Gasteiger charge is 2.44. The molecule has 29 heavy (non-hydrogen) atoms. The maximum atomic E-state index is 14.7. The Hall–Kier alpha value is -2.13. The molecule has 2 fully saturated rings. The molecule has 3 unspecified atom stereocenters. The zero-order chi connectivity index (χ0) is 20.4. The molecule has 154 valence electrons. The molecule has 1 aromatic carbocycles. The largest absolute Gasteiger partial charge is 0.387 e. The van der Waals surface area contributed by atoms with E-state index in [0.29, 0.717) is 23.7 Å². The zero-order valence-corrected chi connectivity index (χ0v) is 16.5. The second-order valence-corrected chi connectivity index (χ2v) is 7.93. The third-order valence-corrected chi connectivity index (χ3v) is 6.17. The summed E-state index contributed by atoms with van der Waals surface area (Å²) in [4.78, 5) is 21.9. The molecular weight excluding hydrogens is 397 g/mol. The molecule has 0 aliphatic carbocycles. The Balaban J connectivity index is 1.60. The fourth-order valence-electron chi connectivity index (χ4n) is 4.47. The van der Waals surface area contributed by atoms with Crippen LogP contribution in [0.3, 0.4) is 0 Å². The van der Waals surface area contributed by atoms with E-state index >= 15 is 0 Å². The van der Waals surface area contributed by atoms with Crippen LogP contribution < -0.4 is 10.9 Å². The van der Waals surface area contributed by atoms with Gasteiger partial charge in [0.2, 0.25) is 5.91 Å². The van der Waals surface area contributed by atoms with Crippen molar-refractivity contribution in [2.45, 2.75) is 30.8 Å². The number of hydrazine groups is 1. The van der Waals surface area contributed by atoms with E-state index in [-0.39, 0.29) is 35.6 Å². The lowest BCUT2D eigenvalue weighted by molar-refractivity contribution is -0.135. The molecule has 2 aliphatic rings. The normalized spacial score (nSPS) is 25.3. The van der Waals surface area contributed by atoms with Gasteiger partial charge in [-0.25, -0.2) is 19.8 Å². The average molecular weight is 420 g/mol. The molecule has 0 saturated carbocycles. The molecule has 1 aromatic heterocycles. The standard InChI is InChI=1S/C20H23ClFN5O2/c21-13-1-2-14(15(22)9-13)20-18(16-3-6-23-11-24-16)19(25-26-20)12-4-7-27(8-5-12)17(29)10-28/h1-3,6,9,11-12,18-20,25-26,28H,4-5,7-8,10H2. The van der Waals surface area contributed by atoms with Crippen molar-refractivity contribution in [3.8, 4) is 0 Å². The van der Waals surface area contributed by atoms with Crippen molar-refractivity contribution in [1.82, 2.24) is 25.7 Å². The number of hydrogen-bond donors (Lipinski definition) is 3. The van der Waals surface area contributed by atoms with E-state index in [9.17, 15) is 9.18 Å². The highest BCUT2D eigenvalue weighted by Crippen LogP contribution is 2.42. The van der Waals surface area contributed by atoms with Gasteiger partial charge >= 0.3 is 0 Å². The number of piperidine rings is 1. The number of carbonyl (C=O) groups excluding carboxylic acids is 1. The first-order valence-corrected chi connectivity index (χ1v) is 10.1. The summed E-state index contributed by atoms with van der Waals surface area (Å²) in [5.74, 6) is -0.446. The van der Waals surface area contributed by atoms with Crippen molar-refractivity contribution in [1.29, 1.82) is 0 Å². The molecule has 0 spiro atoms. The second-order valence-electron chi connectivity index (χ2n) is 7.49. The molecule has 7 nitrogen and oxygen atoms in total. The molecule has 3 heterocycles. The lowest BCUT2D eigenvalue weighted by Crippen LogP contribution is -2.46. The molecule has 3 atom stereocenters. The Morgan fingerprint density at radius 3 is 2.72 bits per heavy atom. The number of aliphatic hydroxyl groups is 1. The van der Waals surface area contributed by atoms with Crippen LogP contribution in [-0.2, 0) is 4.79 Å². The number of hydrogen-bond acceptors (Lipinski definition) is 6. The van der Waals surface area contributed by atoms with Gasteiger partial charge in [-0.2, -0.15) is 0 Å². The van der Waals surface area contributed by atoms with E-state index in [1.54, 1.807) is 23.2 Å². The number of likely N-dealkylation sites (tertiary alicyclic amines) is 1. The van der Waals surface area contributed by atoms with Crippen molar-refractivity contribution >= 4 is 17.5 Å². The van der Waals surface area contributed by atoms with E-state index in [4.69, 9.17) is 16.7 Å². The summed E-state index contributed by atoms with van der Waals surface area (Å²) in [5, 5.41) is 9.44. The minimum atomic E-state index is -0.463. The summed E-state index contributed by atoms with van der Waals surface area (Å²) >= 11 is 5.93. The van der Waals surface area contributed by atoms with Gasteiger partial charge < -0.3 is 10.0 Å². The average Bonchev–Trinajstić information content (AvgIpc) is 3.18. The molecular formula is C20H23ClFN5O2. The van der Waals surface area contributed by atoms with Crippen LogP contribution in [0.4, 0.5) is 4.39 Å². The van der Waals surface area contributed by atoms with Crippen LogP contribution in [0.5, 0.6) is 0 Å². The number of rotatable bonds is 4. The van der Waals surface area contributed by atoms with Gasteiger partial charge in [-0.15, -0.1) is 0 Å². The Bertz CT molecular complexity index is 863. The first kappa shape index (κ1) is 20.2. The number of halogens is 2. The SMILES string of the molecule is O=C(CO)N1CCC(C2NNC(c3ccc(Cl)cc3F)C2c2ccncn2)CC1. The van der Waals surface area contributed by atoms with Crippen LogP contribution in [0.1, 0.15) is 36.1 Å². The van der Waals surface area contributed by atoms with Crippen molar-refractivity contribution in [3.05, 3.63) is 58.9 Å². The van der Waals surface area contributed by atoms with Gasteiger partial charge in [0, 0.05) is 41.8 Å². The van der Waals surface area contributed by atoms with E-state index < -0.39 is 6.61 Å². The number of benzene rings is 1. The van der Waals surface area contributed by atoms with Gasteiger partial charge in [0.05, 0.1) is 11.7 Å². The number of amides is 1. The Kier molecular flexibility index (Phi) is 6.05. The van der Waals surface area contributed by atoms with E-state index in [1.165, 1.54) is 12.4 Å². The highest BCUT2D eigenvalue weighted by atomic mass is 35.5. The van der Waals surface area contributed by atoms with Crippen LogP contribution in [0.15, 0.2) is 36.8 Å². The molecule has 2 saturated heterocycles. The monoisotopic (exact) mass is 419 g/mol. The minimum Gasteiger partial charge on any atom is -0.387 e. The van der Waals surface area contributed by atoms with Crippen LogP contribution in [0.2, 0.25) is 5.02 Å². The summed E-state index contributed by atoms with van der Waals surface area (Å²) in [7, 11) is 0. The topological polar surface area (TPSA) is 90.4 Å². The van der Waals surface area contributed by atoms with Crippen LogP contribution in [0.25, 0.3) is 0 Å². The molecule has 9 heteroatoms. The summed E-state index contributed by atoms with van der Waals surface area (Å²) in [6.07, 6.45) is 4.78. The molecule has 4 rings (SSSR count). The Morgan fingerprint density at radius 2 is 2.07 bits per heavy atom. The van der Waals surface area contributed by atoms with Crippen molar-refractivity contribution in [3.63, 3.8) is 0 Å². The lowest BCUT2D eigenvalue weighted by atomic mass is 9.77. The number of aliphatic hydroxyl groups excluding tert-OH is 1. The van der Waals surface area contributed by atoms with Crippen LogP contribution in [-0.4, -0.2) is 51.6 Å². The molecule has 0 radical (unpaired) electrons. The van der Waals surface area contributed by atoms with E-state index in [1.807, 2.05) is 6.07 Å². The number of nitrogens with one attached hydrogen (secondary N) is 2. The fourth-order valence-corrected chi connectivity index (χ4v) is 4.63. The van der Waals surface area contributed by atoms with E-state index in [2.05, 4.69) is 20.8 Å². The van der Waals surface area contributed by atoms with Crippen molar-refractivity contribution in [2.24, 2.45) is 5.92 Å². The fraction of sp³-hybridized carbons (Fsp3) is 0.450. The van der Waals surface area contributed by atoms with Crippen molar-refractivity contribution < 1.29 is 14.3 Å². The number of nitrogens with zero attached hydrogens (tertiary/aromatic N) is 3. The predicted octanol–water partition coefficient (Wildman–Crippen LogP) is 1.80. The molecule has 2 aromatic rings. The Labute approximate surface area is 173 Å². The third kappa shape index (κ3) is 4.11. The molecule has 2 aliphatic heterocycles. The second kappa shape index (κ2) is 8.71. The first-order valence-electron chi connectivity index (χ1n) is 9.69. The molecule has 1 amide bonds. The maximum absolute atomic E-state index is 14.7. The third-order valence-electron chi connectivity index (χ3n) is 5.93. The highest BCUT2D eigenvalue weighted by molar-refractivity contribution is 6.30. The Morgan fingerprint density at radius 1 is 1.28 bits per heavy atom. The van der Waals surface area contributed by atoms with E-state index in [0.717, 1.165) is 18.5 Å². The summed E-state index contributed by atoms with van der Waals surface area (Å²) < 4.78 is 14.7. The van der Waals surface area contributed by atoms with Gasteiger partial charge in [-0.05, 0) is 37.0 Å².